The SMILES string of the molecule is ClC(Cl)CCOC1(Cl)CCCCC1Cl. The van der Waals surface area contributed by atoms with Gasteiger partial charge in [-0.05, 0) is 19.3 Å². The van der Waals surface area contributed by atoms with E-state index >= 15 is 0 Å². The van der Waals surface area contributed by atoms with Crippen LogP contribution < -0.4 is 0 Å². The molecule has 0 saturated heterocycles. The Morgan fingerprint density at radius 3 is 2.64 bits per heavy atom. The van der Waals surface area contributed by atoms with Gasteiger partial charge in [0.2, 0.25) is 0 Å². The van der Waals surface area contributed by atoms with Gasteiger partial charge in [0.05, 0.1) is 12.0 Å². The van der Waals surface area contributed by atoms with Crippen molar-refractivity contribution in [1.82, 2.24) is 0 Å². The van der Waals surface area contributed by atoms with Gasteiger partial charge in [0, 0.05) is 6.42 Å². The largest absolute Gasteiger partial charge is 0.358 e. The van der Waals surface area contributed by atoms with Crippen LogP contribution >= 0.6 is 46.4 Å². The molecular weight excluding hydrogens is 266 g/mol. The van der Waals surface area contributed by atoms with Crippen LogP contribution in [0.5, 0.6) is 0 Å². The quantitative estimate of drug-likeness (QED) is 0.697. The normalized spacial score (nSPS) is 33.6. The molecule has 0 N–H and O–H groups in total. The van der Waals surface area contributed by atoms with E-state index in [1.54, 1.807) is 0 Å². The Morgan fingerprint density at radius 1 is 1.36 bits per heavy atom. The van der Waals surface area contributed by atoms with Crippen molar-refractivity contribution in [3.63, 3.8) is 0 Å². The van der Waals surface area contributed by atoms with Crippen molar-refractivity contribution < 1.29 is 4.74 Å². The number of hydrogen-bond acceptors (Lipinski definition) is 1. The van der Waals surface area contributed by atoms with Gasteiger partial charge in [0.15, 0.2) is 5.06 Å². The average Bonchev–Trinajstić information content (AvgIpc) is 2.10. The first-order valence-corrected chi connectivity index (χ1v) is 6.48. The lowest BCUT2D eigenvalue weighted by Gasteiger charge is -2.35. The summed E-state index contributed by atoms with van der Waals surface area (Å²) in [6.07, 6.45) is 4.49. The standard InChI is InChI=1S/C9H14Cl4O/c10-7-3-1-2-5-9(7,13)14-6-4-8(11)12/h7-8H,1-6H2. The van der Waals surface area contributed by atoms with E-state index in [2.05, 4.69) is 0 Å². The van der Waals surface area contributed by atoms with E-state index in [0.717, 1.165) is 25.7 Å². The van der Waals surface area contributed by atoms with Crippen LogP contribution in [0.4, 0.5) is 0 Å². The Labute approximate surface area is 105 Å². The second-order valence-corrected chi connectivity index (χ2v) is 5.97. The zero-order chi connectivity index (χ0) is 10.6. The van der Waals surface area contributed by atoms with E-state index in [4.69, 9.17) is 51.1 Å². The van der Waals surface area contributed by atoms with Gasteiger partial charge in [-0.15, -0.1) is 34.8 Å². The molecule has 0 aromatic carbocycles. The molecule has 0 aliphatic heterocycles. The molecule has 0 spiro atoms. The number of rotatable bonds is 4. The van der Waals surface area contributed by atoms with E-state index in [-0.39, 0.29) is 5.38 Å². The highest BCUT2D eigenvalue weighted by Gasteiger charge is 2.38. The van der Waals surface area contributed by atoms with Crippen LogP contribution in [0.3, 0.4) is 0 Å². The first-order chi connectivity index (χ1) is 6.54. The Hall–Kier alpha value is 1.12. The molecule has 1 saturated carbocycles. The second-order valence-electron chi connectivity index (χ2n) is 3.53. The number of halogens is 4. The molecule has 1 aliphatic rings. The minimum absolute atomic E-state index is 0.109. The van der Waals surface area contributed by atoms with Gasteiger partial charge in [-0.25, -0.2) is 0 Å². The summed E-state index contributed by atoms with van der Waals surface area (Å²) >= 11 is 23.6. The van der Waals surface area contributed by atoms with Crippen LogP contribution in [0.15, 0.2) is 0 Å². The maximum atomic E-state index is 6.27. The summed E-state index contributed by atoms with van der Waals surface area (Å²) in [5.74, 6) is 0. The van der Waals surface area contributed by atoms with Crippen LogP contribution in [-0.4, -0.2) is 21.9 Å². The average molecular weight is 280 g/mol. The first kappa shape index (κ1) is 13.2. The minimum Gasteiger partial charge on any atom is -0.358 e. The molecular formula is C9H14Cl4O. The van der Waals surface area contributed by atoms with Crippen molar-refractivity contribution in [2.45, 2.75) is 47.4 Å². The van der Waals surface area contributed by atoms with Crippen molar-refractivity contribution in [3.8, 4) is 0 Å². The number of ether oxygens (including phenoxy) is 1. The molecule has 1 fully saturated rings. The fraction of sp³-hybridized carbons (Fsp3) is 1.00. The highest BCUT2D eigenvalue weighted by atomic mass is 35.5. The first-order valence-electron chi connectivity index (χ1n) is 4.80. The zero-order valence-corrected chi connectivity index (χ0v) is 10.8. The monoisotopic (exact) mass is 278 g/mol. The molecule has 0 aromatic rings. The molecule has 2 unspecified atom stereocenters. The predicted molar refractivity (Wildman–Crippen MR) is 62.8 cm³/mol. The van der Waals surface area contributed by atoms with Crippen molar-refractivity contribution in [1.29, 1.82) is 0 Å². The molecule has 0 radical (unpaired) electrons. The maximum absolute atomic E-state index is 6.27. The summed E-state index contributed by atoms with van der Waals surface area (Å²) in [5.41, 5.74) is 0. The van der Waals surface area contributed by atoms with Crippen LogP contribution in [0.25, 0.3) is 0 Å². The van der Waals surface area contributed by atoms with Crippen LogP contribution in [0, 0.1) is 0 Å². The zero-order valence-electron chi connectivity index (χ0n) is 7.82. The van der Waals surface area contributed by atoms with E-state index in [1.807, 2.05) is 0 Å². The number of hydrogen-bond donors (Lipinski definition) is 0. The van der Waals surface area contributed by atoms with Crippen molar-refractivity contribution in [2.24, 2.45) is 0 Å². The lowest BCUT2D eigenvalue weighted by molar-refractivity contribution is -0.00284. The highest BCUT2D eigenvalue weighted by molar-refractivity contribution is 6.44. The molecule has 0 aromatic heterocycles. The second kappa shape index (κ2) is 6.00. The van der Waals surface area contributed by atoms with Crippen LogP contribution in [0.2, 0.25) is 0 Å². The van der Waals surface area contributed by atoms with Crippen molar-refractivity contribution in [3.05, 3.63) is 0 Å². The van der Waals surface area contributed by atoms with Gasteiger partial charge in [0.25, 0.3) is 0 Å². The minimum atomic E-state index is -0.706. The van der Waals surface area contributed by atoms with Gasteiger partial charge in [0.1, 0.15) is 4.84 Å². The van der Waals surface area contributed by atoms with Crippen molar-refractivity contribution >= 4 is 46.4 Å². The topological polar surface area (TPSA) is 9.23 Å². The van der Waals surface area contributed by atoms with Crippen LogP contribution in [-0.2, 0) is 4.74 Å². The van der Waals surface area contributed by atoms with E-state index < -0.39 is 9.90 Å². The smallest absolute Gasteiger partial charge is 0.157 e. The van der Waals surface area contributed by atoms with Gasteiger partial charge < -0.3 is 4.74 Å². The molecule has 5 heteroatoms. The molecule has 84 valence electrons. The third-order valence-corrected chi connectivity index (χ3v) is 4.05. The summed E-state index contributed by atoms with van der Waals surface area (Å²) in [4.78, 5) is -0.396. The fourth-order valence-corrected chi connectivity index (χ4v) is 2.37. The summed E-state index contributed by atoms with van der Waals surface area (Å²) in [6.45, 7) is 0.463. The molecule has 1 nitrogen and oxygen atoms in total. The van der Waals surface area contributed by atoms with E-state index in [9.17, 15) is 0 Å². The fourth-order valence-electron chi connectivity index (χ4n) is 1.54. The number of alkyl halides is 4. The maximum Gasteiger partial charge on any atom is 0.157 e. The Balaban J connectivity index is 2.32. The molecule has 1 rings (SSSR count). The summed E-state index contributed by atoms with van der Waals surface area (Å²) < 4.78 is 5.56. The molecule has 0 bridgehead atoms. The Morgan fingerprint density at radius 2 is 2.07 bits per heavy atom. The summed E-state index contributed by atoms with van der Waals surface area (Å²) in [7, 11) is 0. The summed E-state index contributed by atoms with van der Waals surface area (Å²) in [6, 6.07) is 0. The van der Waals surface area contributed by atoms with Gasteiger partial charge >= 0.3 is 0 Å². The third kappa shape index (κ3) is 3.94. The van der Waals surface area contributed by atoms with Crippen molar-refractivity contribution in [2.75, 3.05) is 6.61 Å². The van der Waals surface area contributed by atoms with Crippen LogP contribution in [0.1, 0.15) is 32.1 Å². The molecule has 0 heterocycles. The summed E-state index contributed by atoms with van der Waals surface area (Å²) in [5, 5.41) is -0.815. The van der Waals surface area contributed by atoms with Gasteiger partial charge in [-0.1, -0.05) is 18.0 Å². The lowest BCUT2D eigenvalue weighted by Crippen LogP contribution is -2.39. The van der Waals surface area contributed by atoms with E-state index in [0.29, 0.717) is 13.0 Å². The Bertz CT molecular complexity index is 176. The third-order valence-electron chi connectivity index (χ3n) is 2.37. The predicted octanol–water partition coefficient (Wildman–Crippen LogP) is 4.31. The molecule has 0 amide bonds. The van der Waals surface area contributed by atoms with Gasteiger partial charge in [-0.3, -0.25) is 0 Å². The van der Waals surface area contributed by atoms with Gasteiger partial charge in [-0.2, -0.15) is 0 Å². The molecule has 1 aliphatic carbocycles. The highest BCUT2D eigenvalue weighted by Crippen LogP contribution is 2.39. The molecule has 2 atom stereocenters. The molecule has 14 heavy (non-hydrogen) atoms. The Kier molecular flexibility index (Phi) is 5.66. The lowest BCUT2D eigenvalue weighted by atomic mass is 9.96. The van der Waals surface area contributed by atoms with E-state index in [1.165, 1.54) is 0 Å².